The van der Waals surface area contributed by atoms with E-state index in [1.807, 2.05) is 0 Å². The molecule has 0 spiro atoms. The molecule has 2 rings (SSSR count). The van der Waals surface area contributed by atoms with Crippen LogP contribution in [0.4, 0.5) is 0 Å². The van der Waals surface area contributed by atoms with Crippen molar-refractivity contribution in [3.63, 3.8) is 0 Å². The molecule has 4 heteroatoms. The highest BCUT2D eigenvalue weighted by molar-refractivity contribution is 5.70. The zero-order valence-electron chi connectivity index (χ0n) is 9.49. The predicted molar refractivity (Wildman–Crippen MR) is 57.8 cm³/mol. The Labute approximate surface area is 90.6 Å². The van der Waals surface area contributed by atoms with Crippen LogP contribution in [0.3, 0.4) is 0 Å². The first-order chi connectivity index (χ1) is 7.00. The maximum atomic E-state index is 11.0. The minimum absolute atomic E-state index is 0.0887. The van der Waals surface area contributed by atoms with E-state index in [-0.39, 0.29) is 11.5 Å². The maximum Gasteiger partial charge on any atom is 0.309 e. The topological polar surface area (TPSA) is 52.6 Å². The van der Waals surface area contributed by atoms with Crippen molar-refractivity contribution in [2.45, 2.75) is 38.3 Å². The van der Waals surface area contributed by atoms with Crippen LogP contribution in [0, 0.1) is 5.92 Å². The first-order valence-electron chi connectivity index (χ1n) is 5.71. The Balaban J connectivity index is 2.10. The van der Waals surface area contributed by atoms with E-state index < -0.39 is 5.97 Å². The summed E-state index contributed by atoms with van der Waals surface area (Å²) in [5.74, 6) is -0.932. The molecule has 0 aromatic heterocycles. The lowest BCUT2D eigenvalue weighted by molar-refractivity contribution is -0.142. The number of carbonyl (C=O) groups is 1. The van der Waals surface area contributed by atoms with Crippen molar-refractivity contribution in [3.8, 4) is 0 Å². The van der Waals surface area contributed by atoms with Crippen molar-refractivity contribution >= 4 is 5.97 Å². The molecule has 0 amide bonds. The first-order valence-corrected chi connectivity index (χ1v) is 5.71. The fraction of sp³-hybridized carbons (Fsp3) is 0.909. The van der Waals surface area contributed by atoms with Crippen LogP contribution in [0.25, 0.3) is 0 Å². The van der Waals surface area contributed by atoms with Gasteiger partial charge in [0.2, 0.25) is 0 Å². The van der Waals surface area contributed by atoms with Gasteiger partial charge in [-0.1, -0.05) is 0 Å². The van der Waals surface area contributed by atoms with Crippen molar-refractivity contribution in [1.29, 1.82) is 0 Å². The average Bonchev–Trinajstić information content (AvgIpc) is 2.90. The van der Waals surface area contributed by atoms with E-state index in [2.05, 4.69) is 24.1 Å². The molecule has 1 heterocycles. The molecule has 1 saturated carbocycles. The highest BCUT2D eigenvalue weighted by atomic mass is 16.4. The maximum absolute atomic E-state index is 11.0. The second kappa shape index (κ2) is 3.76. The lowest BCUT2D eigenvalue weighted by Crippen LogP contribution is -2.50. The highest BCUT2D eigenvalue weighted by Crippen LogP contribution is 2.34. The monoisotopic (exact) mass is 212 g/mol. The van der Waals surface area contributed by atoms with Gasteiger partial charge >= 0.3 is 5.97 Å². The fourth-order valence-corrected chi connectivity index (χ4v) is 2.40. The third-order valence-corrected chi connectivity index (χ3v) is 3.48. The number of carboxylic acid groups (broad SMARTS) is 1. The van der Waals surface area contributed by atoms with E-state index in [4.69, 9.17) is 5.11 Å². The summed E-state index contributed by atoms with van der Waals surface area (Å²) in [6.45, 7) is 6.57. The van der Waals surface area contributed by atoms with Gasteiger partial charge in [-0.25, -0.2) is 0 Å². The van der Waals surface area contributed by atoms with Crippen LogP contribution in [0.1, 0.15) is 26.7 Å². The van der Waals surface area contributed by atoms with Crippen molar-refractivity contribution in [2.24, 2.45) is 5.92 Å². The van der Waals surface area contributed by atoms with Crippen molar-refractivity contribution in [2.75, 3.05) is 19.6 Å². The molecule has 1 unspecified atom stereocenters. The molecule has 1 aliphatic heterocycles. The van der Waals surface area contributed by atoms with E-state index in [0.717, 1.165) is 6.54 Å². The smallest absolute Gasteiger partial charge is 0.309 e. The van der Waals surface area contributed by atoms with E-state index >= 15 is 0 Å². The van der Waals surface area contributed by atoms with Gasteiger partial charge in [-0.3, -0.25) is 9.69 Å². The number of nitrogens with zero attached hydrogens (tertiary/aromatic N) is 1. The van der Waals surface area contributed by atoms with Crippen LogP contribution >= 0.6 is 0 Å². The summed E-state index contributed by atoms with van der Waals surface area (Å²) in [7, 11) is 0. The standard InChI is InChI=1S/C11H20N2O2/c1-11(2)7-12-5-8(10(14)15)6-13(11)9-3-4-9/h8-9,12H,3-7H2,1-2H3,(H,14,15). The number of hydrogen-bond donors (Lipinski definition) is 2. The number of aliphatic carboxylic acids is 1. The molecular formula is C11H20N2O2. The van der Waals surface area contributed by atoms with Gasteiger partial charge in [-0.2, -0.15) is 0 Å². The summed E-state index contributed by atoms with van der Waals surface area (Å²) in [5, 5.41) is 12.3. The van der Waals surface area contributed by atoms with E-state index in [1.165, 1.54) is 12.8 Å². The summed E-state index contributed by atoms with van der Waals surface area (Å²) in [6.07, 6.45) is 2.46. The van der Waals surface area contributed by atoms with Gasteiger partial charge in [0, 0.05) is 31.2 Å². The van der Waals surface area contributed by atoms with E-state index in [0.29, 0.717) is 19.1 Å². The van der Waals surface area contributed by atoms with Gasteiger partial charge in [0.05, 0.1) is 5.92 Å². The predicted octanol–water partition coefficient (Wildman–Crippen LogP) is 0.533. The molecule has 4 nitrogen and oxygen atoms in total. The van der Waals surface area contributed by atoms with Gasteiger partial charge in [0.15, 0.2) is 0 Å². The van der Waals surface area contributed by atoms with Crippen LogP contribution in [0.2, 0.25) is 0 Å². The van der Waals surface area contributed by atoms with Crippen LogP contribution in [-0.4, -0.2) is 47.2 Å². The van der Waals surface area contributed by atoms with Crippen LogP contribution < -0.4 is 5.32 Å². The largest absolute Gasteiger partial charge is 0.481 e. The Morgan fingerprint density at radius 2 is 2.13 bits per heavy atom. The van der Waals surface area contributed by atoms with Gasteiger partial charge in [-0.05, 0) is 26.7 Å². The summed E-state index contributed by atoms with van der Waals surface area (Å²) in [4.78, 5) is 13.4. The lowest BCUT2D eigenvalue weighted by atomic mass is 10.0. The minimum Gasteiger partial charge on any atom is -0.481 e. The number of nitrogens with one attached hydrogen (secondary N) is 1. The van der Waals surface area contributed by atoms with Crippen molar-refractivity contribution in [3.05, 3.63) is 0 Å². The summed E-state index contributed by atoms with van der Waals surface area (Å²) in [6, 6.07) is 0.627. The molecule has 0 aromatic rings. The highest BCUT2D eigenvalue weighted by Gasteiger charge is 2.42. The third-order valence-electron chi connectivity index (χ3n) is 3.48. The van der Waals surface area contributed by atoms with E-state index in [9.17, 15) is 4.79 Å². The number of hydrogen-bond acceptors (Lipinski definition) is 3. The molecule has 2 N–H and O–H groups in total. The molecule has 1 saturated heterocycles. The van der Waals surface area contributed by atoms with Gasteiger partial charge < -0.3 is 10.4 Å². The normalized spacial score (nSPS) is 32.3. The summed E-state index contributed by atoms with van der Waals surface area (Å²) >= 11 is 0. The molecule has 0 radical (unpaired) electrons. The van der Waals surface area contributed by atoms with Gasteiger partial charge in [-0.15, -0.1) is 0 Å². The lowest BCUT2D eigenvalue weighted by Gasteiger charge is -2.37. The molecule has 1 atom stereocenters. The third kappa shape index (κ3) is 2.32. The molecule has 1 aliphatic carbocycles. The Bertz CT molecular complexity index is 261. The first kappa shape index (κ1) is 10.9. The van der Waals surface area contributed by atoms with E-state index in [1.54, 1.807) is 0 Å². The zero-order chi connectivity index (χ0) is 11.1. The second-order valence-electron chi connectivity index (χ2n) is 5.36. The zero-order valence-corrected chi connectivity index (χ0v) is 9.49. The molecular weight excluding hydrogens is 192 g/mol. The Kier molecular flexibility index (Phi) is 2.73. The Morgan fingerprint density at radius 3 is 2.67 bits per heavy atom. The molecule has 2 aliphatic rings. The molecule has 86 valence electrons. The van der Waals surface area contributed by atoms with Gasteiger partial charge in [0.1, 0.15) is 0 Å². The van der Waals surface area contributed by atoms with Crippen molar-refractivity contribution in [1.82, 2.24) is 10.2 Å². The molecule has 15 heavy (non-hydrogen) atoms. The average molecular weight is 212 g/mol. The second-order valence-corrected chi connectivity index (χ2v) is 5.36. The summed E-state index contributed by atoms with van der Waals surface area (Å²) < 4.78 is 0. The Morgan fingerprint density at radius 1 is 1.47 bits per heavy atom. The number of rotatable bonds is 2. The SMILES string of the molecule is CC1(C)CNCC(C(=O)O)CN1C1CC1. The summed E-state index contributed by atoms with van der Waals surface area (Å²) in [5.41, 5.74) is 0.0887. The number of carboxylic acids is 1. The van der Waals surface area contributed by atoms with Gasteiger partial charge in [0.25, 0.3) is 0 Å². The van der Waals surface area contributed by atoms with Crippen LogP contribution in [-0.2, 0) is 4.79 Å². The van der Waals surface area contributed by atoms with Crippen LogP contribution in [0.15, 0.2) is 0 Å². The quantitative estimate of drug-likeness (QED) is 0.701. The Hall–Kier alpha value is -0.610. The molecule has 0 aromatic carbocycles. The van der Waals surface area contributed by atoms with Crippen LogP contribution in [0.5, 0.6) is 0 Å². The molecule has 2 fully saturated rings. The van der Waals surface area contributed by atoms with Crippen molar-refractivity contribution < 1.29 is 9.90 Å². The molecule has 0 bridgehead atoms. The fourth-order valence-electron chi connectivity index (χ4n) is 2.40. The minimum atomic E-state index is -0.675.